The highest BCUT2D eigenvalue weighted by Gasteiger charge is 2.17. The molecule has 0 spiro atoms. The SMILES string of the molecule is Cc1cccc(C(=O)N(C)Cc2cccc(Cl)c2Cl)c1I. The van der Waals surface area contributed by atoms with Gasteiger partial charge in [-0.2, -0.15) is 0 Å². The summed E-state index contributed by atoms with van der Waals surface area (Å²) in [5, 5.41) is 0.998. The van der Waals surface area contributed by atoms with Crippen molar-refractivity contribution < 1.29 is 4.79 Å². The van der Waals surface area contributed by atoms with Crippen LogP contribution in [-0.4, -0.2) is 17.9 Å². The minimum absolute atomic E-state index is 0.0286. The van der Waals surface area contributed by atoms with Crippen LogP contribution in [0.2, 0.25) is 10.0 Å². The smallest absolute Gasteiger partial charge is 0.254 e. The van der Waals surface area contributed by atoms with E-state index in [0.717, 1.165) is 14.7 Å². The summed E-state index contributed by atoms with van der Waals surface area (Å²) in [6.45, 7) is 2.41. The molecule has 0 atom stereocenters. The number of halogens is 3. The van der Waals surface area contributed by atoms with Crippen LogP contribution in [0.5, 0.6) is 0 Å². The summed E-state index contributed by atoms with van der Waals surface area (Å²) in [5.41, 5.74) is 2.63. The van der Waals surface area contributed by atoms with Gasteiger partial charge in [-0.1, -0.05) is 47.5 Å². The highest BCUT2D eigenvalue weighted by atomic mass is 127. The van der Waals surface area contributed by atoms with Crippen LogP contribution in [0.3, 0.4) is 0 Å². The number of hydrogen-bond donors (Lipinski definition) is 0. The van der Waals surface area contributed by atoms with Crippen molar-refractivity contribution in [3.63, 3.8) is 0 Å². The Balaban J connectivity index is 2.24. The van der Waals surface area contributed by atoms with Crippen molar-refractivity contribution in [3.05, 3.63) is 66.7 Å². The Morgan fingerprint density at radius 2 is 1.86 bits per heavy atom. The zero-order valence-corrected chi connectivity index (χ0v) is 15.3. The molecule has 0 radical (unpaired) electrons. The second kappa shape index (κ2) is 6.99. The lowest BCUT2D eigenvalue weighted by Gasteiger charge is -2.19. The van der Waals surface area contributed by atoms with Gasteiger partial charge in [0.05, 0.1) is 15.6 Å². The normalized spacial score (nSPS) is 10.5. The minimum Gasteiger partial charge on any atom is -0.337 e. The molecular formula is C16H14Cl2INO. The van der Waals surface area contributed by atoms with Crippen LogP contribution in [0, 0.1) is 10.5 Å². The molecule has 0 aliphatic heterocycles. The number of benzene rings is 2. The fourth-order valence-electron chi connectivity index (χ4n) is 2.02. The first-order valence-electron chi connectivity index (χ1n) is 6.35. The van der Waals surface area contributed by atoms with Gasteiger partial charge in [-0.15, -0.1) is 0 Å². The third kappa shape index (κ3) is 3.71. The second-order valence-electron chi connectivity index (χ2n) is 4.81. The Morgan fingerprint density at radius 3 is 2.57 bits per heavy atom. The van der Waals surface area contributed by atoms with Crippen LogP contribution in [0.1, 0.15) is 21.5 Å². The van der Waals surface area contributed by atoms with E-state index in [9.17, 15) is 4.79 Å². The molecule has 2 aromatic rings. The predicted molar refractivity (Wildman–Crippen MR) is 96.2 cm³/mol. The first-order valence-corrected chi connectivity index (χ1v) is 8.18. The number of rotatable bonds is 3. The van der Waals surface area contributed by atoms with Crippen LogP contribution in [0.15, 0.2) is 36.4 Å². The van der Waals surface area contributed by atoms with E-state index in [1.807, 2.05) is 37.3 Å². The van der Waals surface area contributed by atoms with Gasteiger partial charge in [-0.25, -0.2) is 0 Å². The molecule has 2 nitrogen and oxygen atoms in total. The lowest BCUT2D eigenvalue weighted by Crippen LogP contribution is -2.27. The van der Waals surface area contributed by atoms with Gasteiger partial charge in [0, 0.05) is 17.2 Å². The Kier molecular flexibility index (Phi) is 5.52. The predicted octanol–water partition coefficient (Wildman–Crippen LogP) is 5.18. The molecular weight excluding hydrogens is 420 g/mol. The van der Waals surface area contributed by atoms with E-state index in [4.69, 9.17) is 23.2 Å². The van der Waals surface area contributed by atoms with E-state index in [-0.39, 0.29) is 5.91 Å². The molecule has 0 N–H and O–H groups in total. The number of carbonyl (C=O) groups is 1. The third-order valence-corrected chi connectivity index (χ3v) is 5.50. The third-order valence-electron chi connectivity index (χ3n) is 3.21. The molecule has 2 aromatic carbocycles. The van der Waals surface area contributed by atoms with Crippen molar-refractivity contribution in [3.8, 4) is 0 Å². The Morgan fingerprint density at radius 1 is 1.19 bits per heavy atom. The lowest BCUT2D eigenvalue weighted by molar-refractivity contribution is 0.0784. The molecule has 0 heterocycles. The van der Waals surface area contributed by atoms with Crippen LogP contribution in [0.25, 0.3) is 0 Å². The molecule has 0 aromatic heterocycles. The van der Waals surface area contributed by atoms with Crippen molar-refractivity contribution in [1.82, 2.24) is 4.90 Å². The van der Waals surface area contributed by atoms with E-state index in [1.54, 1.807) is 18.0 Å². The maximum absolute atomic E-state index is 12.6. The number of hydrogen-bond acceptors (Lipinski definition) is 1. The standard InChI is InChI=1S/C16H14Cl2INO/c1-10-5-3-7-12(15(10)19)16(21)20(2)9-11-6-4-8-13(17)14(11)18/h3-8H,9H2,1-2H3. The van der Waals surface area contributed by atoms with Crippen molar-refractivity contribution in [1.29, 1.82) is 0 Å². The highest BCUT2D eigenvalue weighted by molar-refractivity contribution is 14.1. The van der Waals surface area contributed by atoms with Gasteiger partial charge in [-0.3, -0.25) is 4.79 Å². The largest absolute Gasteiger partial charge is 0.337 e. The fourth-order valence-corrected chi connectivity index (χ4v) is 2.99. The molecule has 2 rings (SSSR count). The molecule has 110 valence electrons. The topological polar surface area (TPSA) is 20.3 Å². The minimum atomic E-state index is -0.0286. The van der Waals surface area contributed by atoms with Crippen molar-refractivity contribution in [2.45, 2.75) is 13.5 Å². The van der Waals surface area contributed by atoms with Crippen LogP contribution >= 0.6 is 45.8 Å². The molecule has 1 amide bonds. The van der Waals surface area contributed by atoms with Crippen molar-refractivity contribution in [2.24, 2.45) is 0 Å². The average Bonchev–Trinajstić information content (AvgIpc) is 2.46. The lowest BCUT2D eigenvalue weighted by atomic mass is 10.1. The van der Waals surface area contributed by atoms with Gasteiger partial charge in [0.1, 0.15) is 0 Å². The molecule has 0 saturated carbocycles. The Labute approximate surface area is 148 Å². The Hall–Kier alpha value is -0.780. The first-order chi connectivity index (χ1) is 9.91. The maximum Gasteiger partial charge on any atom is 0.254 e. The quantitative estimate of drug-likeness (QED) is 0.610. The van der Waals surface area contributed by atoms with E-state index in [1.165, 1.54) is 0 Å². The number of carbonyl (C=O) groups excluding carboxylic acids is 1. The van der Waals surface area contributed by atoms with Crippen molar-refractivity contribution in [2.75, 3.05) is 7.05 Å². The Bertz CT molecular complexity index is 688. The zero-order valence-electron chi connectivity index (χ0n) is 11.7. The average molecular weight is 434 g/mol. The summed E-state index contributed by atoms with van der Waals surface area (Å²) in [4.78, 5) is 14.2. The van der Waals surface area contributed by atoms with E-state index in [0.29, 0.717) is 22.2 Å². The van der Waals surface area contributed by atoms with E-state index >= 15 is 0 Å². The van der Waals surface area contributed by atoms with Crippen LogP contribution < -0.4 is 0 Å². The van der Waals surface area contributed by atoms with Crippen LogP contribution in [-0.2, 0) is 6.54 Å². The number of nitrogens with zero attached hydrogens (tertiary/aromatic N) is 1. The molecule has 0 unspecified atom stereocenters. The number of amides is 1. The second-order valence-corrected chi connectivity index (χ2v) is 6.67. The van der Waals surface area contributed by atoms with E-state index in [2.05, 4.69) is 22.6 Å². The summed E-state index contributed by atoms with van der Waals surface area (Å²) >= 11 is 14.4. The monoisotopic (exact) mass is 433 g/mol. The van der Waals surface area contributed by atoms with Crippen molar-refractivity contribution >= 4 is 51.7 Å². The molecule has 21 heavy (non-hydrogen) atoms. The van der Waals surface area contributed by atoms with Gasteiger partial charge in [-0.05, 0) is 52.8 Å². The van der Waals surface area contributed by atoms with Gasteiger partial charge in [0.2, 0.25) is 0 Å². The first kappa shape index (κ1) is 16.6. The van der Waals surface area contributed by atoms with Crippen LogP contribution in [0.4, 0.5) is 0 Å². The summed E-state index contributed by atoms with van der Waals surface area (Å²) in [7, 11) is 1.76. The molecule has 0 fully saturated rings. The van der Waals surface area contributed by atoms with Gasteiger partial charge in [0.15, 0.2) is 0 Å². The molecule has 0 bridgehead atoms. The maximum atomic E-state index is 12.6. The van der Waals surface area contributed by atoms with Gasteiger partial charge in [0.25, 0.3) is 5.91 Å². The molecule has 0 aliphatic rings. The summed E-state index contributed by atoms with van der Waals surface area (Å²) in [5.74, 6) is -0.0286. The van der Waals surface area contributed by atoms with Gasteiger partial charge >= 0.3 is 0 Å². The van der Waals surface area contributed by atoms with E-state index < -0.39 is 0 Å². The molecule has 0 saturated heterocycles. The molecule has 5 heteroatoms. The highest BCUT2D eigenvalue weighted by Crippen LogP contribution is 2.27. The number of aryl methyl sites for hydroxylation is 1. The zero-order chi connectivity index (χ0) is 15.6. The fraction of sp³-hybridized carbons (Fsp3) is 0.188. The summed E-state index contributed by atoms with van der Waals surface area (Å²) in [6, 6.07) is 11.2. The summed E-state index contributed by atoms with van der Waals surface area (Å²) < 4.78 is 0.976. The van der Waals surface area contributed by atoms with Gasteiger partial charge < -0.3 is 4.90 Å². The summed E-state index contributed by atoms with van der Waals surface area (Å²) in [6.07, 6.45) is 0. The molecule has 0 aliphatic carbocycles.